The van der Waals surface area contributed by atoms with E-state index in [-0.39, 0.29) is 5.56 Å². The van der Waals surface area contributed by atoms with Crippen LogP contribution in [0.25, 0.3) is 0 Å². The summed E-state index contributed by atoms with van der Waals surface area (Å²) in [5.41, 5.74) is 3.48. The second kappa shape index (κ2) is 4.19. The third kappa shape index (κ3) is 2.19. The van der Waals surface area contributed by atoms with E-state index in [0.29, 0.717) is 0 Å². The highest BCUT2D eigenvalue weighted by molar-refractivity contribution is 6.32. The minimum Gasteiger partial charge on any atom is -0.366 e. The molecule has 78 valence electrons. The topological polar surface area (TPSA) is 79.8 Å². The summed E-state index contributed by atoms with van der Waals surface area (Å²) in [6, 6.07) is 2.39. The van der Waals surface area contributed by atoms with E-state index < -0.39 is 28.7 Å². The number of aromatic nitrogens is 1. The summed E-state index contributed by atoms with van der Waals surface area (Å²) in [6.07, 6.45) is -2.93. The molecule has 0 fully saturated rings. The SMILES string of the molecule is N#Cc1cc(C(N)=O)c(Cl)nc1C(F)F. The Kier molecular flexibility index (Phi) is 3.17. The van der Waals surface area contributed by atoms with Gasteiger partial charge >= 0.3 is 0 Å². The largest absolute Gasteiger partial charge is 0.366 e. The number of carbonyl (C=O) groups is 1. The normalized spacial score (nSPS) is 10.1. The summed E-state index contributed by atoms with van der Waals surface area (Å²) in [6.45, 7) is 0. The number of pyridine rings is 1. The quantitative estimate of drug-likeness (QED) is 0.786. The van der Waals surface area contributed by atoms with Crippen molar-refractivity contribution in [3.05, 3.63) is 28.0 Å². The van der Waals surface area contributed by atoms with Crippen molar-refractivity contribution in [3.63, 3.8) is 0 Å². The lowest BCUT2D eigenvalue weighted by Gasteiger charge is -2.05. The van der Waals surface area contributed by atoms with Crippen LogP contribution in [0.5, 0.6) is 0 Å². The fourth-order valence-electron chi connectivity index (χ4n) is 0.933. The van der Waals surface area contributed by atoms with Crippen molar-refractivity contribution >= 4 is 17.5 Å². The molecule has 0 radical (unpaired) electrons. The molecular weight excluding hydrogens is 228 g/mol. The lowest BCUT2D eigenvalue weighted by Crippen LogP contribution is -2.13. The first-order valence-electron chi connectivity index (χ1n) is 3.66. The van der Waals surface area contributed by atoms with E-state index in [2.05, 4.69) is 4.98 Å². The Bertz CT molecular complexity index is 456. The molecule has 0 atom stereocenters. The van der Waals surface area contributed by atoms with Crippen LogP contribution in [0, 0.1) is 11.3 Å². The van der Waals surface area contributed by atoms with Crippen LogP contribution in [-0.2, 0) is 0 Å². The van der Waals surface area contributed by atoms with Gasteiger partial charge in [-0.3, -0.25) is 4.79 Å². The fourth-order valence-corrected chi connectivity index (χ4v) is 1.17. The molecule has 1 aromatic heterocycles. The number of nitriles is 1. The van der Waals surface area contributed by atoms with Crippen LogP contribution in [0.3, 0.4) is 0 Å². The van der Waals surface area contributed by atoms with Crippen molar-refractivity contribution < 1.29 is 13.6 Å². The Labute approximate surface area is 88.3 Å². The van der Waals surface area contributed by atoms with E-state index in [4.69, 9.17) is 22.6 Å². The van der Waals surface area contributed by atoms with Gasteiger partial charge in [-0.2, -0.15) is 5.26 Å². The molecule has 1 heterocycles. The van der Waals surface area contributed by atoms with Gasteiger partial charge in [0.25, 0.3) is 12.3 Å². The van der Waals surface area contributed by atoms with Crippen molar-refractivity contribution in [2.45, 2.75) is 6.43 Å². The molecule has 1 amide bonds. The van der Waals surface area contributed by atoms with Gasteiger partial charge in [0, 0.05) is 0 Å². The van der Waals surface area contributed by atoms with Crippen LogP contribution in [0.1, 0.15) is 28.0 Å². The molecule has 1 rings (SSSR count). The average Bonchev–Trinajstić information content (AvgIpc) is 2.16. The van der Waals surface area contributed by atoms with Gasteiger partial charge in [-0.05, 0) is 6.07 Å². The van der Waals surface area contributed by atoms with Crippen LogP contribution in [0.2, 0.25) is 5.15 Å². The molecule has 0 bridgehead atoms. The van der Waals surface area contributed by atoms with Crippen molar-refractivity contribution in [1.82, 2.24) is 4.98 Å². The number of halogens is 3. The summed E-state index contributed by atoms with van der Waals surface area (Å²) in [4.78, 5) is 14.0. The van der Waals surface area contributed by atoms with E-state index in [1.165, 1.54) is 6.07 Å². The van der Waals surface area contributed by atoms with Crippen LogP contribution < -0.4 is 5.73 Å². The molecule has 7 heteroatoms. The zero-order valence-corrected chi connectivity index (χ0v) is 7.92. The molecule has 1 aromatic rings. The molecule has 0 aliphatic heterocycles. The van der Waals surface area contributed by atoms with Crippen molar-refractivity contribution in [2.24, 2.45) is 5.73 Å². The van der Waals surface area contributed by atoms with E-state index in [1.807, 2.05) is 0 Å². The van der Waals surface area contributed by atoms with Crippen molar-refractivity contribution in [2.75, 3.05) is 0 Å². The molecule has 0 unspecified atom stereocenters. The zero-order valence-electron chi connectivity index (χ0n) is 7.17. The predicted octanol–water partition coefficient (Wildman–Crippen LogP) is 1.64. The Balaban J connectivity index is 3.44. The minimum absolute atomic E-state index is 0.252. The number of hydrogen-bond donors (Lipinski definition) is 1. The zero-order chi connectivity index (χ0) is 11.6. The highest BCUT2D eigenvalue weighted by Crippen LogP contribution is 2.24. The van der Waals surface area contributed by atoms with Gasteiger partial charge in [0.1, 0.15) is 16.9 Å². The molecular formula is C8H4ClF2N3O. The van der Waals surface area contributed by atoms with Gasteiger partial charge in [-0.25, -0.2) is 13.8 Å². The van der Waals surface area contributed by atoms with Crippen LogP contribution >= 0.6 is 11.6 Å². The summed E-state index contributed by atoms with van der Waals surface area (Å²) in [5.74, 6) is -0.926. The number of hydrogen-bond acceptors (Lipinski definition) is 3. The van der Waals surface area contributed by atoms with E-state index in [0.717, 1.165) is 6.07 Å². The number of primary amides is 1. The van der Waals surface area contributed by atoms with Gasteiger partial charge in [-0.15, -0.1) is 0 Å². The highest BCUT2D eigenvalue weighted by atomic mass is 35.5. The second-order valence-electron chi connectivity index (χ2n) is 2.54. The summed E-state index contributed by atoms with van der Waals surface area (Å²) in [7, 11) is 0. The molecule has 0 saturated heterocycles. The number of alkyl halides is 2. The first-order chi connectivity index (χ1) is 6.97. The number of nitrogens with two attached hydrogens (primary N) is 1. The molecule has 2 N–H and O–H groups in total. The van der Waals surface area contributed by atoms with E-state index in [1.54, 1.807) is 0 Å². The average molecular weight is 232 g/mol. The first kappa shape index (κ1) is 11.3. The molecule has 15 heavy (non-hydrogen) atoms. The maximum absolute atomic E-state index is 12.3. The molecule has 0 aliphatic carbocycles. The van der Waals surface area contributed by atoms with Gasteiger partial charge in [0.05, 0.1) is 11.1 Å². The predicted molar refractivity (Wildman–Crippen MR) is 47.4 cm³/mol. The maximum Gasteiger partial charge on any atom is 0.281 e. The standard InChI is InChI=1S/C8H4ClF2N3O/c9-6-4(8(13)15)1-3(2-12)5(14-6)7(10)11/h1,7H,(H2,13,15). The second-order valence-corrected chi connectivity index (χ2v) is 2.89. The Morgan fingerprint density at radius 1 is 1.67 bits per heavy atom. The molecule has 0 spiro atoms. The van der Waals surface area contributed by atoms with E-state index in [9.17, 15) is 13.6 Å². The fraction of sp³-hybridized carbons (Fsp3) is 0.125. The van der Waals surface area contributed by atoms with Gasteiger partial charge in [-0.1, -0.05) is 11.6 Å². The molecule has 0 aliphatic rings. The Morgan fingerprint density at radius 2 is 2.27 bits per heavy atom. The number of carbonyl (C=O) groups excluding carboxylic acids is 1. The third-order valence-corrected chi connectivity index (χ3v) is 1.89. The van der Waals surface area contributed by atoms with Crippen LogP contribution in [0.15, 0.2) is 6.07 Å². The smallest absolute Gasteiger partial charge is 0.281 e. The van der Waals surface area contributed by atoms with Crippen LogP contribution in [0.4, 0.5) is 8.78 Å². The number of amides is 1. The lowest BCUT2D eigenvalue weighted by molar-refractivity contribution is 0.0999. The lowest BCUT2D eigenvalue weighted by atomic mass is 10.1. The first-order valence-corrected chi connectivity index (χ1v) is 4.03. The summed E-state index contributed by atoms with van der Waals surface area (Å²) >= 11 is 5.44. The van der Waals surface area contributed by atoms with Gasteiger partial charge in [0.15, 0.2) is 0 Å². The molecule has 4 nitrogen and oxygen atoms in total. The summed E-state index contributed by atoms with van der Waals surface area (Å²) < 4.78 is 24.7. The Hall–Kier alpha value is -1.74. The third-order valence-electron chi connectivity index (χ3n) is 1.60. The molecule has 0 aromatic carbocycles. The molecule has 0 saturated carbocycles. The van der Waals surface area contributed by atoms with Crippen LogP contribution in [-0.4, -0.2) is 10.9 Å². The maximum atomic E-state index is 12.3. The summed E-state index contributed by atoms with van der Waals surface area (Å²) in [5, 5.41) is 8.11. The van der Waals surface area contributed by atoms with Gasteiger partial charge < -0.3 is 5.73 Å². The van der Waals surface area contributed by atoms with Crippen molar-refractivity contribution in [3.8, 4) is 6.07 Å². The number of rotatable bonds is 2. The highest BCUT2D eigenvalue weighted by Gasteiger charge is 2.19. The van der Waals surface area contributed by atoms with E-state index >= 15 is 0 Å². The monoisotopic (exact) mass is 231 g/mol. The Morgan fingerprint density at radius 3 is 2.67 bits per heavy atom. The van der Waals surface area contributed by atoms with Crippen molar-refractivity contribution in [1.29, 1.82) is 5.26 Å². The van der Waals surface area contributed by atoms with Gasteiger partial charge in [0.2, 0.25) is 0 Å². The minimum atomic E-state index is -2.93. The number of nitrogens with zero attached hydrogens (tertiary/aromatic N) is 2.